The van der Waals surface area contributed by atoms with Gasteiger partial charge in [-0.05, 0) is 70.2 Å². The third-order valence-electron chi connectivity index (χ3n) is 4.30. The van der Waals surface area contributed by atoms with E-state index in [1.807, 2.05) is 0 Å². The Labute approximate surface area is 94.4 Å². The molecule has 2 aliphatic rings. The van der Waals surface area contributed by atoms with E-state index in [-0.39, 0.29) is 0 Å². The van der Waals surface area contributed by atoms with Gasteiger partial charge in [0.05, 0.1) is 0 Å². The molecular weight excluding hydrogens is 184 g/mol. The minimum Gasteiger partial charge on any atom is -0.316 e. The van der Waals surface area contributed by atoms with Gasteiger partial charge < -0.3 is 10.2 Å². The first-order valence-electron chi connectivity index (χ1n) is 6.81. The Morgan fingerprint density at radius 1 is 1.13 bits per heavy atom. The summed E-state index contributed by atoms with van der Waals surface area (Å²) < 4.78 is 0. The Hall–Kier alpha value is -0.0800. The molecule has 2 saturated heterocycles. The van der Waals surface area contributed by atoms with Gasteiger partial charge in [-0.15, -0.1) is 0 Å². The maximum atomic E-state index is 3.46. The average molecular weight is 210 g/mol. The van der Waals surface area contributed by atoms with Gasteiger partial charge in [0.1, 0.15) is 0 Å². The molecular formula is C13H26N2. The van der Waals surface area contributed by atoms with Gasteiger partial charge in [0, 0.05) is 0 Å². The fourth-order valence-corrected chi connectivity index (χ4v) is 2.94. The molecule has 0 aliphatic carbocycles. The number of likely N-dealkylation sites (tertiary alicyclic amines) is 1. The molecule has 1 unspecified atom stereocenters. The topological polar surface area (TPSA) is 15.3 Å². The molecule has 0 bridgehead atoms. The summed E-state index contributed by atoms with van der Waals surface area (Å²) in [5, 5.41) is 3.46. The SMILES string of the molecule is CCC1CCN(CCC2CCNC2)CC1. The van der Waals surface area contributed by atoms with Crippen LogP contribution in [0, 0.1) is 11.8 Å². The third-order valence-corrected chi connectivity index (χ3v) is 4.30. The molecule has 15 heavy (non-hydrogen) atoms. The molecule has 2 heterocycles. The van der Waals surface area contributed by atoms with Crippen LogP contribution < -0.4 is 5.32 Å². The van der Waals surface area contributed by atoms with Gasteiger partial charge in [-0.2, -0.15) is 0 Å². The van der Waals surface area contributed by atoms with E-state index in [9.17, 15) is 0 Å². The fourth-order valence-electron chi connectivity index (χ4n) is 2.94. The Morgan fingerprint density at radius 3 is 2.53 bits per heavy atom. The van der Waals surface area contributed by atoms with E-state index >= 15 is 0 Å². The smallest absolute Gasteiger partial charge is 0.00156 e. The normalized spacial score (nSPS) is 29.8. The summed E-state index contributed by atoms with van der Waals surface area (Å²) >= 11 is 0. The molecule has 0 aromatic heterocycles. The first-order chi connectivity index (χ1) is 7.38. The van der Waals surface area contributed by atoms with Crippen LogP contribution >= 0.6 is 0 Å². The average Bonchev–Trinajstić information content (AvgIpc) is 2.80. The van der Waals surface area contributed by atoms with E-state index in [1.54, 1.807) is 0 Å². The van der Waals surface area contributed by atoms with E-state index in [1.165, 1.54) is 64.8 Å². The minimum atomic E-state index is 0.967. The zero-order valence-electron chi connectivity index (χ0n) is 10.2. The van der Waals surface area contributed by atoms with Crippen LogP contribution in [0.25, 0.3) is 0 Å². The van der Waals surface area contributed by atoms with Crippen molar-refractivity contribution in [1.82, 2.24) is 10.2 Å². The number of nitrogens with zero attached hydrogens (tertiary/aromatic N) is 1. The molecule has 1 atom stereocenters. The van der Waals surface area contributed by atoms with Crippen molar-refractivity contribution in [3.63, 3.8) is 0 Å². The molecule has 0 spiro atoms. The molecule has 2 nitrogen and oxygen atoms in total. The van der Waals surface area contributed by atoms with Gasteiger partial charge >= 0.3 is 0 Å². The highest BCUT2D eigenvalue weighted by Crippen LogP contribution is 2.21. The lowest BCUT2D eigenvalue weighted by Crippen LogP contribution is -2.35. The van der Waals surface area contributed by atoms with Crippen LogP contribution in [0.3, 0.4) is 0 Å². The van der Waals surface area contributed by atoms with Crippen molar-refractivity contribution in [3.05, 3.63) is 0 Å². The molecule has 2 rings (SSSR count). The fraction of sp³-hybridized carbons (Fsp3) is 1.00. The van der Waals surface area contributed by atoms with Crippen molar-refractivity contribution < 1.29 is 0 Å². The Morgan fingerprint density at radius 2 is 1.93 bits per heavy atom. The van der Waals surface area contributed by atoms with Gasteiger partial charge in [-0.3, -0.25) is 0 Å². The highest BCUT2D eigenvalue weighted by molar-refractivity contribution is 4.75. The van der Waals surface area contributed by atoms with Crippen molar-refractivity contribution in [2.45, 2.75) is 39.0 Å². The second kappa shape index (κ2) is 5.86. The van der Waals surface area contributed by atoms with Crippen LogP contribution in [0.4, 0.5) is 0 Å². The van der Waals surface area contributed by atoms with E-state index < -0.39 is 0 Å². The molecule has 0 radical (unpaired) electrons. The standard InChI is InChI=1S/C13H26N2/c1-2-12-4-8-15(9-5-12)10-6-13-3-7-14-11-13/h12-14H,2-11H2,1H3. The van der Waals surface area contributed by atoms with E-state index in [2.05, 4.69) is 17.1 Å². The van der Waals surface area contributed by atoms with E-state index in [0.717, 1.165) is 11.8 Å². The molecule has 0 aromatic carbocycles. The predicted octanol–water partition coefficient (Wildman–Crippen LogP) is 2.11. The van der Waals surface area contributed by atoms with Crippen LogP contribution in [0.15, 0.2) is 0 Å². The molecule has 0 aromatic rings. The van der Waals surface area contributed by atoms with Gasteiger partial charge in [0.15, 0.2) is 0 Å². The lowest BCUT2D eigenvalue weighted by Gasteiger charge is -2.32. The second-order valence-electron chi connectivity index (χ2n) is 5.34. The zero-order chi connectivity index (χ0) is 10.5. The third kappa shape index (κ3) is 3.46. The zero-order valence-corrected chi connectivity index (χ0v) is 10.2. The van der Waals surface area contributed by atoms with Crippen LogP contribution in [-0.2, 0) is 0 Å². The number of rotatable bonds is 4. The Bertz CT molecular complexity index is 167. The highest BCUT2D eigenvalue weighted by Gasteiger charge is 2.19. The van der Waals surface area contributed by atoms with Crippen molar-refractivity contribution in [2.24, 2.45) is 11.8 Å². The number of hydrogen-bond acceptors (Lipinski definition) is 2. The molecule has 2 heteroatoms. The first-order valence-corrected chi connectivity index (χ1v) is 6.81. The van der Waals surface area contributed by atoms with Crippen LogP contribution in [0.2, 0.25) is 0 Å². The van der Waals surface area contributed by atoms with Gasteiger partial charge in [0.25, 0.3) is 0 Å². The Balaban J connectivity index is 1.59. The summed E-state index contributed by atoms with van der Waals surface area (Å²) in [6.45, 7) is 8.93. The van der Waals surface area contributed by atoms with Crippen LogP contribution in [0.1, 0.15) is 39.0 Å². The quantitative estimate of drug-likeness (QED) is 0.764. The predicted molar refractivity (Wildman–Crippen MR) is 65.0 cm³/mol. The largest absolute Gasteiger partial charge is 0.316 e. The Kier molecular flexibility index (Phi) is 4.45. The lowest BCUT2D eigenvalue weighted by atomic mass is 9.94. The van der Waals surface area contributed by atoms with Gasteiger partial charge in [-0.25, -0.2) is 0 Å². The summed E-state index contributed by atoms with van der Waals surface area (Å²) in [6.07, 6.45) is 7.11. The van der Waals surface area contributed by atoms with Crippen LogP contribution in [-0.4, -0.2) is 37.6 Å². The maximum absolute atomic E-state index is 3.46. The van der Waals surface area contributed by atoms with Crippen molar-refractivity contribution in [2.75, 3.05) is 32.7 Å². The van der Waals surface area contributed by atoms with Crippen molar-refractivity contribution in [1.29, 1.82) is 0 Å². The van der Waals surface area contributed by atoms with Gasteiger partial charge in [0.2, 0.25) is 0 Å². The summed E-state index contributed by atoms with van der Waals surface area (Å²) in [7, 11) is 0. The molecule has 2 fully saturated rings. The van der Waals surface area contributed by atoms with E-state index in [0.29, 0.717) is 0 Å². The highest BCUT2D eigenvalue weighted by atomic mass is 15.1. The molecule has 1 N–H and O–H groups in total. The van der Waals surface area contributed by atoms with Crippen molar-refractivity contribution in [3.8, 4) is 0 Å². The molecule has 2 aliphatic heterocycles. The summed E-state index contributed by atoms with van der Waals surface area (Å²) in [5.41, 5.74) is 0. The number of piperidine rings is 1. The van der Waals surface area contributed by atoms with Crippen molar-refractivity contribution >= 4 is 0 Å². The molecule has 0 amide bonds. The maximum Gasteiger partial charge on any atom is -0.00156 e. The minimum absolute atomic E-state index is 0.967. The lowest BCUT2D eigenvalue weighted by molar-refractivity contribution is 0.173. The molecule has 0 saturated carbocycles. The number of hydrogen-bond donors (Lipinski definition) is 1. The number of nitrogens with one attached hydrogen (secondary N) is 1. The monoisotopic (exact) mass is 210 g/mol. The van der Waals surface area contributed by atoms with Crippen LogP contribution in [0.5, 0.6) is 0 Å². The summed E-state index contributed by atoms with van der Waals surface area (Å²) in [5.74, 6) is 1.99. The summed E-state index contributed by atoms with van der Waals surface area (Å²) in [4.78, 5) is 2.68. The summed E-state index contributed by atoms with van der Waals surface area (Å²) in [6, 6.07) is 0. The second-order valence-corrected chi connectivity index (χ2v) is 5.34. The molecule has 88 valence electrons. The van der Waals surface area contributed by atoms with E-state index in [4.69, 9.17) is 0 Å². The van der Waals surface area contributed by atoms with Gasteiger partial charge in [-0.1, -0.05) is 13.3 Å². The first kappa shape index (κ1) is 11.4.